The van der Waals surface area contributed by atoms with Crippen molar-refractivity contribution in [2.75, 3.05) is 19.0 Å². The van der Waals surface area contributed by atoms with Crippen LogP contribution in [-0.4, -0.2) is 28.7 Å². The van der Waals surface area contributed by atoms with Gasteiger partial charge >= 0.3 is 0 Å². The van der Waals surface area contributed by atoms with Crippen LogP contribution in [0.15, 0.2) is 24.3 Å². The second-order valence-corrected chi connectivity index (χ2v) is 5.48. The van der Waals surface area contributed by atoms with Gasteiger partial charge in [-0.1, -0.05) is 6.92 Å². The van der Waals surface area contributed by atoms with Crippen LogP contribution in [0.2, 0.25) is 5.28 Å². The summed E-state index contributed by atoms with van der Waals surface area (Å²) in [4.78, 5) is 8.22. The van der Waals surface area contributed by atoms with Gasteiger partial charge in [0.1, 0.15) is 17.3 Å². The molecule has 0 saturated heterocycles. The lowest BCUT2D eigenvalue weighted by Gasteiger charge is -2.07. The maximum Gasteiger partial charge on any atom is 0.224 e. The molecule has 0 amide bonds. The summed E-state index contributed by atoms with van der Waals surface area (Å²) < 4.78 is 5.22. The van der Waals surface area contributed by atoms with Crippen molar-refractivity contribution in [3.8, 4) is 5.75 Å². The molecule has 1 aromatic carbocycles. The fourth-order valence-corrected chi connectivity index (χ4v) is 2.28. The lowest BCUT2D eigenvalue weighted by Crippen LogP contribution is -2.03. The summed E-state index contributed by atoms with van der Waals surface area (Å²) >= 11 is 5.94. The summed E-state index contributed by atoms with van der Waals surface area (Å²) in [6, 6.07) is 7.27. The molecule has 2 N–H and O–H groups in total. The quantitative estimate of drug-likeness (QED) is 0.608. The first-order valence-electron chi connectivity index (χ1n) is 7.37. The highest BCUT2D eigenvalue weighted by atomic mass is 35.5. The molecule has 0 aliphatic carbocycles. The van der Waals surface area contributed by atoms with Crippen molar-refractivity contribution in [2.24, 2.45) is 0 Å². The van der Waals surface area contributed by atoms with Crippen molar-refractivity contribution >= 4 is 29.3 Å². The van der Waals surface area contributed by atoms with Gasteiger partial charge in [-0.05, 0) is 48.7 Å². The number of anilines is 1. The van der Waals surface area contributed by atoms with E-state index >= 15 is 0 Å². The zero-order valence-electron chi connectivity index (χ0n) is 13.4. The van der Waals surface area contributed by atoms with Crippen LogP contribution in [0, 0.1) is 6.92 Å². The first-order chi connectivity index (χ1) is 11.0. The van der Waals surface area contributed by atoms with Gasteiger partial charge in [0.25, 0.3) is 0 Å². The normalized spacial score (nSPS) is 11.4. The maximum absolute atomic E-state index is 10.4. The third-order valence-electron chi connectivity index (χ3n) is 3.14. The second-order valence-electron chi connectivity index (χ2n) is 5.14. The number of hydrogen-bond donors (Lipinski definition) is 2. The largest absolute Gasteiger partial charge is 0.507 e. The average molecular weight is 334 g/mol. The number of aliphatic hydroxyl groups excluding tert-OH is 1. The van der Waals surface area contributed by atoms with E-state index in [-0.39, 0.29) is 11.0 Å². The smallest absolute Gasteiger partial charge is 0.224 e. The van der Waals surface area contributed by atoms with Gasteiger partial charge < -0.3 is 15.2 Å². The number of hydrogen-bond acceptors (Lipinski definition) is 5. The number of nitrogens with zero attached hydrogens (tertiary/aromatic N) is 2. The topological polar surface area (TPSA) is 67.3 Å². The molecule has 1 aromatic heterocycles. The molecule has 2 aromatic rings. The third-order valence-corrected chi connectivity index (χ3v) is 3.31. The van der Waals surface area contributed by atoms with Gasteiger partial charge in [-0.15, -0.1) is 0 Å². The van der Waals surface area contributed by atoms with Crippen LogP contribution in [0.5, 0.6) is 5.75 Å². The highest BCUT2D eigenvalue weighted by Gasteiger charge is 2.06. The summed E-state index contributed by atoms with van der Waals surface area (Å²) in [5.74, 6) is 1.40. The fraction of sp³-hybridized carbons (Fsp3) is 0.294. The predicted octanol–water partition coefficient (Wildman–Crippen LogP) is 4.33. The van der Waals surface area contributed by atoms with Gasteiger partial charge in [-0.25, -0.2) is 9.97 Å². The maximum atomic E-state index is 10.4. The molecule has 0 unspecified atom stereocenters. The third kappa shape index (κ3) is 4.86. The Balaban J connectivity index is 2.33. The molecule has 0 atom stereocenters. The minimum atomic E-state index is 0.0863. The number of rotatable bonds is 6. The van der Waals surface area contributed by atoms with Crippen molar-refractivity contribution in [3.63, 3.8) is 0 Å². The Labute approximate surface area is 141 Å². The number of aliphatic hydroxyl groups is 1. The van der Waals surface area contributed by atoms with Gasteiger partial charge in [0.15, 0.2) is 0 Å². The molecule has 0 bridgehead atoms. The van der Waals surface area contributed by atoms with Gasteiger partial charge in [0, 0.05) is 24.3 Å². The van der Waals surface area contributed by atoms with Crippen LogP contribution >= 0.6 is 11.6 Å². The minimum Gasteiger partial charge on any atom is -0.507 e. The zero-order valence-corrected chi connectivity index (χ0v) is 14.2. The monoisotopic (exact) mass is 333 g/mol. The average Bonchev–Trinajstić information content (AvgIpc) is 2.51. The van der Waals surface area contributed by atoms with Crippen LogP contribution in [0.1, 0.15) is 30.2 Å². The van der Waals surface area contributed by atoms with E-state index in [1.165, 1.54) is 0 Å². The van der Waals surface area contributed by atoms with E-state index in [2.05, 4.69) is 22.2 Å². The summed E-state index contributed by atoms with van der Waals surface area (Å²) in [5, 5.41) is 13.6. The number of aromatic nitrogens is 2. The molecule has 23 heavy (non-hydrogen) atoms. The molecule has 0 spiro atoms. The molecule has 0 aliphatic heterocycles. The van der Waals surface area contributed by atoms with E-state index in [1.807, 2.05) is 19.1 Å². The fourth-order valence-electron chi connectivity index (χ4n) is 2.09. The molecule has 2 rings (SSSR count). The molecule has 0 aliphatic rings. The first kappa shape index (κ1) is 17.1. The molecule has 122 valence electrons. The Bertz CT molecular complexity index is 717. The van der Waals surface area contributed by atoms with E-state index in [1.54, 1.807) is 25.3 Å². The molecular weight excluding hydrogens is 314 g/mol. The van der Waals surface area contributed by atoms with Crippen LogP contribution in [0.4, 0.5) is 5.82 Å². The van der Waals surface area contributed by atoms with Crippen LogP contribution < -0.4 is 10.1 Å². The van der Waals surface area contributed by atoms with E-state index in [0.717, 1.165) is 18.5 Å². The Morgan fingerprint density at radius 2 is 2.09 bits per heavy atom. The van der Waals surface area contributed by atoms with Crippen LogP contribution in [0.25, 0.3) is 11.8 Å². The Morgan fingerprint density at radius 3 is 2.78 bits per heavy atom. The minimum absolute atomic E-state index is 0.0863. The highest BCUT2D eigenvalue weighted by molar-refractivity contribution is 6.28. The number of methoxy groups -OCH3 is 1. The Kier molecular flexibility index (Phi) is 5.82. The number of nitrogens with one attached hydrogen (secondary N) is 1. The van der Waals surface area contributed by atoms with Gasteiger partial charge in [-0.3, -0.25) is 0 Å². The van der Waals surface area contributed by atoms with Crippen LogP contribution in [0.3, 0.4) is 0 Å². The van der Waals surface area contributed by atoms with Crippen LogP contribution in [-0.2, 0) is 0 Å². The molecular formula is C17H20ClN3O2. The van der Waals surface area contributed by atoms with Crippen molar-refractivity contribution in [3.05, 3.63) is 46.4 Å². The van der Waals surface area contributed by atoms with Crippen molar-refractivity contribution in [1.29, 1.82) is 0 Å². The number of halogens is 1. The first-order valence-corrected chi connectivity index (χ1v) is 7.74. The Hall–Kier alpha value is -2.27. The molecule has 0 saturated carbocycles. The molecule has 6 heteroatoms. The molecule has 0 radical (unpaired) electrons. The number of benzene rings is 1. The molecule has 5 nitrogen and oxygen atoms in total. The molecule has 0 fully saturated rings. The predicted molar refractivity (Wildman–Crippen MR) is 94.1 cm³/mol. The second kappa shape index (κ2) is 7.83. The lowest BCUT2D eigenvalue weighted by atomic mass is 10.1. The van der Waals surface area contributed by atoms with Gasteiger partial charge in [0.05, 0.1) is 12.8 Å². The lowest BCUT2D eigenvalue weighted by molar-refractivity contribution is 0.413. The Morgan fingerprint density at radius 1 is 1.30 bits per heavy atom. The molecule has 1 heterocycles. The van der Waals surface area contributed by atoms with Crippen molar-refractivity contribution in [1.82, 2.24) is 9.97 Å². The van der Waals surface area contributed by atoms with E-state index in [4.69, 9.17) is 16.3 Å². The van der Waals surface area contributed by atoms with Gasteiger partial charge in [-0.2, -0.15) is 0 Å². The summed E-state index contributed by atoms with van der Waals surface area (Å²) in [6.07, 6.45) is 2.53. The van der Waals surface area contributed by atoms with E-state index < -0.39 is 0 Å². The van der Waals surface area contributed by atoms with Crippen molar-refractivity contribution < 1.29 is 9.84 Å². The summed E-state index contributed by atoms with van der Waals surface area (Å²) in [7, 11) is 1.59. The summed E-state index contributed by atoms with van der Waals surface area (Å²) in [5.41, 5.74) is 2.17. The van der Waals surface area contributed by atoms with E-state index in [9.17, 15) is 5.11 Å². The highest BCUT2D eigenvalue weighted by Crippen LogP contribution is 2.23. The SMILES string of the molecule is CCCNc1cc(/C=C(/O)c2cc(C)cc(OC)c2)nc(Cl)n1. The van der Waals surface area contributed by atoms with Crippen molar-refractivity contribution in [2.45, 2.75) is 20.3 Å². The number of aryl methyl sites for hydroxylation is 1. The zero-order chi connectivity index (χ0) is 16.8. The summed E-state index contributed by atoms with van der Waals surface area (Å²) in [6.45, 7) is 4.79. The number of ether oxygens (including phenoxy) is 1. The van der Waals surface area contributed by atoms with Gasteiger partial charge in [0.2, 0.25) is 5.28 Å². The standard InChI is InChI=1S/C17H20ClN3O2/c1-4-5-19-16-10-13(20-17(18)21-16)9-15(22)12-6-11(2)7-14(8-12)23-3/h6-10,22H,4-5H2,1-3H3,(H,19,20,21)/b15-9+. The van der Waals surface area contributed by atoms with E-state index in [0.29, 0.717) is 22.8 Å².